The lowest BCUT2D eigenvalue weighted by molar-refractivity contribution is -0.212. The van der Waals surface area contributed by atoms with Crippen LogP contribution in [-0.2, 0) is 23.8 Å². The maximum absolute atomic E-state index is 12.3. The average molecular weight is 264 g/mol. The minimum absolute atomic E-state index is 0.411. The van der Waals surface area contributed by atoms with Crippen molar-refractivity contribution in [2.45, 2.75) is 32.2 Å². The summed E-state index contributed by atoms with van der Waals surface area (Å²) in [5, 5.41) is 0. The first-order chi connectivity index (χ1) is 6.93. The maximum atomic E-state index is 12.3. The van der Waals surface area contributed by atoms with Crippen LogP contribution >= 0.6 is 0 Å². The Morgan fingerprint density at radius 3 is 1.94 bits per heavy atom. The van der Waals surface area contributed by atoms with E-state index < -0.39 is 34.5 Å². The quantitative estimate of drug-likeness (QED) is 0.556. The zero-order chi connectivity index (χ0) is 13.1. The highest BCUT2D eigenvalue weighted by atomic mass is 32.2. The Bertz CT molecular complexity index is 346. The summed E-state index contributed by atoms with van der Waals surface area (Å²) in [6.45, 7) is 2.65. The molecule has 0 rings (SSSR count). The number of ether oxygens (including phenoxy) is 1. The van der Waals surface area contributed by atoms with Crippen LogP contribution < -0.4 is 0 Å². The van der Waals surface area contributed by atoms with Crippen molar-refractivity contribution in [3.63, 3.8) is 0 Å². The number of esters is 1. The lowest BCUT2D eigenvalue weighted by Crippen LogP contribution is -2.42. The number of hydrogen-bond acceptors (Lipinski definition) is 5. The molecule has 0 radical (unpaired) electrons. The van der Waals surface area contributed by atoms with Gasteiger partial charge in [-0.3, -0.25) is 0 Å². The van der Waals surface area contributed by atoms with E-state index in [-0.39, 0.29) is 0 Å². The van der Waals surface area contributed by atoms with Crippen LogP contribution in [0.25, 0.3) is 0 Å². The van der Waals surface area contributed by atoms with Gasteiger partial charge in [0.1, 0.15) is 0 Å². The van der Waals surface area contributed by atoms with E-state index in [9.17, 15) is 26.4 Å². The van der Waals surface area contributed by atoms with Crippen molar-refractivity contribution in [1.82, 2.24) is 0 Å². The second-order valence-electron chi connectivity index (χ2n) is 3.21. The SMILES string of the molecule is CC(C)OC(=O)C(OS(C)(=O)=O)C(F)(F)F. The third-order valence-electron chi connectivity index (χ3n) is 1.13. The molecule has 9 heteroatoms. The summed E-state index contributed by atoms with van der Waals surface area (Å²) in [7, 11) is -4.41. The monoisotopic (exact) mass is 264 g/mol. The first kappa shape index (κ1) is 15.2. The van der Waals surface area contributed by atoms with E-state index in [1.807, 2.05) is 0 Å². The summed E-state index contributed by atoms with van der Waals surface area (Å²) in [4.78, 5) is 10.9. The van der Waals surface area contributed by atoms with Crippen LogP contribution in [0.4, 0.5) is 13.2 Å². The molecule has 0 aliphatic heterocycles. The summed E-state index contributed by atoms with van der Waals surface area (Å²) in [6.07, 6.45) is -8.66. The van der Waals surface area contributed by atoms with Gasteiger partial charge in [-0.1, -0.05) is 0 Å². The largest absolute Gasteiger partial charge is 0.461 e. The standard InChI is InChI=1S/C7H11F3O5S/c1-4(2)14-6(11)5(7(8,9)10)15-16(3,12)13/h4-5H,1-3H3. The van der Waals surface area contributed by atoms with Crippen LogP contribution in [0.1, 0.15) is 13.8 Å². The van der Waals surface area contributed by atoms with Gasteiger partial charge in [0, 0.05) is 0 Å². The molecular formula is C7H11F3O5S. The molecule has 0 spiro atoms. The van der Waals surface area contributed by atoms with Gasteiger partial charge in [-0.25, -0.2) is 8.98 Å². The van der Waals surface area contributed by atoms with Crippen LogP contribution in [-0.4, -0.2) is 39.0 Å². The van der Waals surface area contributed by atoms with E-state index in [4.69, 9.17) is 0 Å². The summed E-state index contributed by atoms with van der Waals surface area (Å²) < 4.78 is 65.8. The second-order valence-corrected chi connectivity index (χ2v) is 4.81. The number of carbonyl (C=O) groups is 1. The summed E-state index contributed by atoms with van der Waals surface area (Å²) >= 11 is 0. The molecule has 0 aliphatic rings. The predicted octanol–water partition coefficient (Wildman–Crippen LogP) is 0.845. The molecule has 0 aromatic carbocycles. The van der Waals surface area contributed by atoms with Gasteiger partial charge in [-0.05, 0) is 13.8 Å². The smallest absolute Gasteiger partial charge is 0.427 e. The molecule has 0 N–H and O–H groups in total. The van der Waals surface area contributed by atoms with E-state index in [0.717, 1.165) is 0 Å². The van der Waals surface area contributed by atoms with Crippen LogP contribution in [0.3, 0.4) is 0 Å². The Morgan fingerprint density at radius 1 is 1.25 bits per heavy atom. The molecule has 0 saturated carbocycles. The van der Waals surface area contributed by atoms with E-state index in [0.29, 0.717) is 6.26 Å². The zero-order valence-corrected chi connectivity index (χ0v) is 9.55. The number of halogens is 3. The fraction of sp³-hybridized carbons (Fsp3) is 0.857. The van der Waals surface area contributed by atoms with Gasteiger partial charge < -0.3 is 4.74 Å². The Balaban J connectivity index is 4.90. The molecule has 0 amide bonds. The Hall–Kier alpha value is -0.830. The highest BCUT2D eigenvalue weighted by molar-refractivity contribution is 7.86. The van der Waals surface area contributed by atoms with Crippen molar-refractivity contribution in [1.29, 1.82) is 0 Å². The number of rotatable bonds is 4. The fourth-order valence-electron chi connectivity index (χ4n) is 0.696. The van der Waals surface area contributed by atoms with Crippen molar-refractivity contribution < 1.29 is 35.3 Å². The Labute approximate surface area is 90.6 Å². The summed E-state index contributed by atoms with van der Waals surface area (Å²) in [5.41, 5.74) is 0. The van der Waals surface area contributed by atoms with Crippen molar-refractivity contribution in [3.8, 4) is 0 Å². The fourth-order valence-corrected chi connectivity index (χ4v) is 1.23. The van der Waals surface area contributed by atoms with Gasteiger partial charge in [0.2, 0.25) is 0 Å². The number of alkyl halides is 3. The molecule has 0 heterocycles. The molecular weight excluding hydrogens is 253 g/mol. The minimum atomic E-state index is -5.14. The van der Waals surface area contributed by atoms with Gasteiger partial charge in [0.15, 0.2) is 0 Å². The molecule has 0 aromatic heterocycles. The van der Waals surface area contributed by atoms with Crippen molar-refractivity contribution in [3.05, 3.63) is 0 Å². The van der Waals surface area contributed by atoms with Crippen molar-refractivity contribution >= 4 is 16.1 Å². The van der Waals surface area contributed by atoms with Crippen molar-refractivity contribution in [2.75, 3.05) is 6.26 Å². The molecule has 0 aliphatic carbocycles. The molecule has 0 aromatic rings. The molecule has 16 heavy (non-hydrogen) atoms. The van der Waals surface area contributed by atoms with E-state index >= 15 is 0 Å². The van der Waals surface area contributed by atoms with Crippen LogP contribution in [0, 0.1) is 0 Å². The van der Waals surface area contributed by atoms with Gasteiger partial charge in [-0.15, -0.1) is 0 Å². The Kier molecular flexibility index (Phi) is 4.74. The minimum Gasteiger partial charge on any atom is -0.461 e. The topological polar surface area (TPSA) is 69.7 Å². The highest BCUT2D eigenvalue weighted by Crippen LogP contribution is 2.25. The molecule has 1 atom stereocenters. The van der Waals surface area contributed by atoms with Crippen LogP contribution in [0.5, 0.6) is 0 Å². The summed E-state index contributed by atoms with van der Waals surface area (Å²) in [5.74, 6) is -1.78. The van der Waals surface area contributed by atoms with E-state index in [2.05, 4.69) is 8.92 Å². The maximum Gasteiger partial charge on any atom is 0.427 e. The predicted molar refractivity (Wildman–Crippen MR) is 47.0 cm³/mol. The second kappa shape index (κ2) is 5.00. The molecule has 5 nitrogen and oxygen atoms in total. The Morgan fingerprint density at radius 2 is 1.69 bits per heavy atom. The molecule has 0 saturated heterocycles. The van der Waals surface area contributed by atoms with E-state index in [1.165, 1.54) is 13.8 Å². The highest BCUT2D eigenvalue weighted by Gasteiger charge is 2.49. The van der Waals surface area contributed by atoms with Gasteiger partial charge in [-0.2, -0.15) is 21.6 Å². The van der Waals surface area contributed by atoms with Gasteiger partial charge >= 0.3 is 12.1 Å². The third kappa shape index (κ3) is 5.91. The number of hydrogen-bond donors (Lipinski definition) is 0. The zero-order valence-electron chi connectivity index (χ0n) is 8.74. The average Bonchev–Trinajstić information content (AvgIpc) is 1.94. The molecule has 1 unspecified atom stereocenters. The molecule has 0 bridgehead atoms. The lowest BCUT2D eigenvalue weighted by Gasteiger charge is -2.19. The van der Waals surface area contributed by atoms with Gasteiger partial charge in [0.05, 0.1) is 12.4 Å². The van der Waals surface area contributed by atoms with E-state index in [1.54, 1.807) is 0 Å². The van der Waals surface area contributed by atoms with Crippen molar-refractivity contribution in [2.24, 2.45) is 0 Å². The normalized spacial score (nSPS) is 14.9. The van der Waals surface area contributed by atoms with Gasteiger partial charge in [0.25, 0.3) is 16.2 Å². The first-order valence-electron chi connectivity index (χ1n) is 4.09. The summed E-state index contributed by atoms with van der Waals surface area (Å²) in [6, 6.07) is 0. The third-order valence-corrected chi connectivity index (χ3v) is 1.68. The first-order valence-corrected chi connectivity index (χ1v) is 5.90. The number of carbonyl (C=O) groups excluding carboxylic acids is 1. The van der Waals surface area contributed by atoms with Crippen LogP contribution in [0.15, 0.2) is 0 Å². The lowest BCUT2D eigenvalue weighted by atomic mass is 10.3. The molecule has 0 fully saturated rings. The van der Waals surface area contributed by atoms with Crippen LogP contribution in [0.2, 0.25) is 0 Å². The molecule has 96 valence electrons.